The molecule has 1 saturated carbocycles. The first-order chi connectivity index (χ1) is 12.1. The van der Waals surface area contributed by atoms with Gasteiger partial charge in [-0.3, -0.25) is 0 Å². The SMILES string of the molecule is CCN(C)/C=N/c1cc(Br)c(OCc2ccccc2C)nc1C1CC1. The van der Waals surface area contributed by atoms with Crippen molar-refractivity contribution in [1.29, 1.82) is 0 Å². The Morgan fingerprint density at radius 3 is 2.80 bits per heavy atom. The van der Waals surface area contributed by atoms with E-state index in [0.717, 1.165) is 22.4 Å². The van der Waals surface area contributed by atoms with E-state index >= 15 is 0 Å². The lowest BCUT2D eigenvalue weighted by molar-refractivity contribution is 0.290. The molecule has 1 aliphatic rings. The number of ether oxygens (including phenoxy) is 1. The summed E-state index contributed by atoms with van der Waals surface area (Å²) < 4.78 is 6.85. The summed E-state index contributed by atoms with van der Waals surface area (Å²) in [5.41, 5.74) is 4.38. The van der Waals surface area contributed by atoms with Gasteiger partial charge in [0.25, 0.3) is 0 Å². The fraction of sp³-hybridized carbons (Fsp3) is 0.400. The van der Waals surface area contributed by atoms with Crippen molar-refractivity contribution >= 4 is 28.0 Å². The van der Waals surface area contributed by atoms with Crippen LogP contribution in [-0.4, -0.2) is 29.8 Å². The summed E-state index contributed by atoms with van der Waals surface area (Å²) in [7, 11) is 2.02. The molecule has 0 spiro atoms. The summed E-state index contributed by atoms with van der Waals surface area (Å²) in [6, 6.07) is 10.3. The molecule has 132 valence electrons. The smallest absolute Gasteiger partial charge is 0.228 e. The van der Waals surface area contributed by atoms with Crippen molar-refractivity contribution in [2.75, 3.05) is 13.6 Å². The van der Waals surface area contributed by atoms with Gasteiger partial charge in [0.05, 0.1) is 22.2 Å². The molecule has 1 heterocycles. The van der Waals surface area contributed by atoms with Gasteiger partial charge in [-0.05, 0) is 59.8 Å². The van der Waals surface area contributed by atoms with Gasteiger partial charge < -0.3 is 9.64 Å². The Balaban J connectivity index is 1.82. The number of benzene rings is 1. The van der Waals surface area contributed by atoms with Crippen LogP contribution < -0.4 is 4.74 Å². The van der Waals surface area contributed by atoms with E-state index in [9.17, 15) is 0 Å². The summed E-state index contributed by atoms with van der Waals surface area (Å²) in [4.78, 5) is 11.5. The minimum atomic E-state index is 0.507. The largest absolute Gasteiger partial charge is 0.472 e. The van der Waals surface area contributed by atoms with E-state index in [1.807, 2.05) is 36.5 Å². The maximum Gasteiger partial charge on any atom is 0.228 e. The number of rotatable bonds is 7. The summed E-state index contributed by atoms with van der Waals surface area (Å²) in [5, 5.41) is 0. The lowest BCUT2D eigenvalue weighted by Crippen LogP contribution is -2.14. The van der Waals surface area contributed by atoms with E-state index in [-0.39, 0.29) is 0 Å². The molecule has 1 fully saturated rings. The molecule has 0 aliphatic heterocycles. The third-order valence-corrected chi connectivity index (χ3v) is 5.00. The monoisotopic (exact) mass is 401 g/mol. The van der Waals surface area contributed by atoms with Gasteiger partial charge in [-0.25, -0.2) is 9.98 Å². The highest BCUT2D eigenvalue weighted by Gasteiger charge is 2.29. The average molecular weight is 402 g/mol. The fourth-order valence-electron chi connectivity index (χ4n) is 2.50. The van der Waals surface area contributed by atoms with Crippen molar-refractivity contribution in [3.05, 3.63) is 51.6 Å². The highest BCUT2D eigenvalue weighted by molar-refractivity contribution is 9.10. The Morgan fingerprint density at radius 2 is 2.12 bits per heavy atom. The topological polar surface area (TPSA) is 37.7 Å². The number of aryl methyl sites for hydroxylation is 1. The van der Waals surface area contributed by atoms with Crippen LogP contribution in [0, 0.1) is 6.92 Å². The van der Waals surface area contributed by atoms with Crippen molar-refractivity contribution in [2.24, 2.45) is 4.99 Å². The Hall–Kier alpha value is -1.88. The van der Waals surface area contributed by atoms with E-state index in [1.54, 1.807) is 0 Å². The zero-order valence-electron chi connectivity index (χ0n) is 15.0. The van der Waals surface area contributed by atoms with Crippen LogP contribution in [-0.2, 0) is 6.61 Å². The summed E-state index contributed by atoms with van der Waals surface area (Å²) in [5.74, 6) is 1.15. The second-order valence-corrected chi connectivity index (χ2v) is 7.34. The molecule has 0 N–H and O–H groups in total. The van der Waals surface area contributed by atoms with Gasteiger partial charge in [0, 0.05) is 19.5 Å². The molecule has 0 amide bonds. The Kier molecular flexibility index (Phi) is 5.74. The van der Waals surface area contributed by atoms with E-state index in [0.29, 0.717) is 18.4 Å². The van der Waals surface area contributed by atoms with Gasteiger partial charge >= 0.3 is 0 Å². The third-order valence-electron chi connectivity index (χ3n) is 4.43. The molecular weight excluding hydrogens is 378 g/mol. The maximum absolute atomic E-state index is 6.00. The zero-order chi connectivity index (χ0) is 17.8. The minimum Gasteiger partial charge on any atom is -0.472 e. The molecule has 0 bridgehead atoms. The highest BCUT2D eigenvalue weighted by Crippen LogP contribution is 2.45. The Morgan fingerprint density at radius 1 is 1.36 bits per heavy atom. The Labute approximate surface area is 158 Å². The second-order valence-electron chi connectivity index (χ2n) is 6.49. The van der Waals surface area contributed by atoms with Crippen LogP contribution in [0.15, 0.2) is 39.8 Å². The van der Waals surface area contributed by atoms with E-state index in [4.69, 9.17) is 9.72 Å². The van der Waals surface area contributed by atoms with Crippen molar-refractivity contribution in [3.63, 3.8) is 0 Å². The molecule has 0 atom stereocenters. The van der Waals surface area contributed by atoms with Gasteiger partial charge in [-0.2, -0.15) is 0 Å². The first kappa shape index (κ1) is 17.9. The zero-order valence-corrected chi connectivity index (χ0v) is 16.6. The van der Waals surface area contributed by atoms with Crippen LogP contribution in [0.25, 0.3) is 0 Å². The normalized spacial score (nSPS) is 14.1. The summed E-state index contributed by atoms with van der Waals surface area (Å²) in [6.07, 6.45) is 4.22. The number of aromatic nitrogens is 1. The molecule has 25 heavy (non-hydrogen) atoms. The van der Waals surface area contributed by atoms with Gasteiger partial charge in [0.15, 0.2) is 0 Å². The Bertz CT molecular complexity index is 772. The van der Waals surface area contributed by atoms with Crippen LogP contribution >= 0.6 is 15.9 Å². The third kappa shape index (κ3) is 4.60. The van der Waals surface area contributed by atoms with Crippen molar-refractivity contribution in [2.45, 2.75) is 39.2 Å². The molecule has 0 unspecified atom stereocenters. The number of hydrogen-bond acceptors (Lipinski definition) is 3. The summed E-state index contributed by atoms with van der Waals surface area (Å²) in [6.45, 7) is 5.64. The van der Waals surface area contributed by atoms with E-state index in [1.165, 1.54) is 24.0 Å². The van der Waals surface area contributed by atoms with Gasteiger partial charge in [-0.1, -0.05) is 24.3 Å². The van der Waals surface area contributed by atoms with Crippen molar-refractivity contribution < 1.29 is 4.74 Å². The van der Waals surface area contributed by atoms with Gasteiger partial charge in [0.2, 0.25) is 5.88 Å². The van der Waals surface area contributed by atoms with E-state index < -0.39 is 0 Å². The van der Waals surface area contributed by atoms with E-state index in [2.05, 4.69) is 46.9 Å². The molecule has 4 nitrogen and oxygen atoms in total. The maximum atomic E-state index is 6.00. The molecule has 0 saturated heterocycles. The lowest BCUT2D eigenvalue weighted by atomic mass is 10.1. The first-order valence-corrected chi connectivity index (χ1v) is 9.50. The van der Waals surface area contributed by atoms with Crippen LogP contribution in [0.5, 0.6) is 5.88 Å². The van der Waals surface area contributed by atoms with Crippen LogP contribution in [0.4, 0.5) is 5.69 Å². The number of nitrogens with zero attached hydrogens (tertiary/aromatic N) is 3. The van der Waals surface area contributed by atoms with Crippen LogP contribution in [0.1, 0.15) is 42.5 Å². The lowest BCUT2D eigenvalue weighted by Gasteiger charge is -2.13. The molecule has 2 aromatic rings. The second kappa shape index (κ2) is 8.00. The predicted molar refractivity (Wildman–Crippen MR) is 106 cm³/mol. The van der Waals surface area contributed by atoms with Gasteiger partial charge in [-0.15, -0.1) is 0 Å². The molecule has 1 aromatic heterocycles. The van der Waals surface area contributed by atoms with Crippen molar-refractivity contribution in [1.82, 2.24) is 9.88 Å². The molecule has 1 aliphatic carbocycles. The molecule has 5 heteroatoms. The van der Waals surface area contributed by atoms with Crippen molar-refractivity contribution in [3.8, 4) is 5.88 Å². The van der Waals surface area contributed by atoms with Crippen LogP contribution in [0.2, 0.25) is 0 Å². The van der Waals surface area contributed by atoms with Crippen LogP contribution in [0.3, 0.4) is 0 Å². The average Bonchev–Trinajstić information content (AvgIpc) is 3.45. The number of pyridine rings is 1. The predicted octanol–water partition coefficient (Wildman–Crippen LogP) is 5.22. The number of hydrogen-bond donors (Lipinski definition) is 0. The molecule has 1 aromatic carbocycles. The molecule has 3 rings (SSSR count). The summed E-state index contributed by atoms with van der Waals surface area (Å²) >= 11 is 3.59. The number of aliphatic imine (C=N–C) groups is 1. The minimum absolute atomic E-state index is 0.507. The molecule has 0 radical (unpaired) electrons. The fourth-order valence-corrected chi connectivity index (χ4v) is 2.92. The first-order valence-electron chi connectivity index (χ1n) is 8.70. The number of halogens is 1. The van der Waals surface area contributed by atoms with Gasteiger partial charge in [0.1, 0.15) is 6.61 Å². The highest BCUT2D eigenvalue weighted by atomic mass is 79.9. The molecular formula is C20H24BrN3O. The quantitative estimate of drug-likeness (QED) is 0.471. The standard InChI is InChI=1S/C20H24BrN3O/c1-4-24(3)13-22-18-11-17(21)20(23-19(18)15-9-10-15)25-12-16-8-6-5-7-14(16)2/h5-8,11,13,15H,4,9-10,12H2,1-3H3/b22-13+.